The summed E-state index contributed by atoms with van der Waals surface area (Å²) in [5.74, 6) is 1.85. The van der Waals surface area contributed by atoms with Crippen LogP contribution in [0.25, 0.3) is 11.0 Å². The van der Waals surface area contributed by atoms with Crippen LogP contribution in [0.1, 0.15) is 25.7 Å². The summed E-state index contributed by atoms with van der Waals surface area (Å²) >= 11 is 0. The van der Waals surface area contributed by atoms with Gasteiger partial charge < -0.3 is 20.1 Å². The third kappa shape index (κ3) is 4.71. The van der Waals surface area contributed by atoms with Crippen LogP contribution in [0.4, 0.5) is 22.0 Å². The molecule has 0 aliphatic heterocycles. The Balaban J connectivity index is 1.51. The minimum atomic E-state index is -0.223. The van der Waals surface area contributed by atoms with Gasteiger partial charge in [0.1, 0.15) is 17.3 Å². The number of ether oxygens (including phenoxy) is 2. The van der Waals surface area contributed by atoms with Gasteiger partial charge in [-0.2, -0.15) is 0 Å². The zero-order valence-electron chi connectivity index (χ0n) is 17.1. The molecule has 0 bridgehead atoms. The number of hydrogen-bond donors (Lipinski definition) is 3. The molecule has 1 aliphatic rings. The molecule has 0 radical (unpaired) electrons. The van der Waals surface area contributed by atoms with Crippen LogP contribution in [0.3, 0.4) is 0 Å². The van der Waals surface area contributed by atoms with Crippen molar-refractivity contribution in [2.24, 2.45) is 0 Å². The first-order valence-corrected chi connectivity index (χ1v) is 9.97. The largest absolute Gasteiger partial charge is 0.497 e. The maximum absolute atomic E-state index is 12.2. The van der Waals surface area contributed by atoms with Crippen LogP contribution < -0.4 is 25.4 Å². The van der Waals surface area contributed by atoms with Crippen molar-refractivity contribution in [1.82, 2.24) is 15.3 Å². The molecule has 2 amide bonds. The fourth-order valence-electron chi connectivity index (χ4n) is 3.60. The number of anilines is 3. The number of carbonyl (C=O) groups is 1. The Morgan fingerprint density at radius 3 is 2.40 bits per heavy atom. The number of hydrogen-bond acceptors (Lipinski definition) is 6. The van der Waals surface area contributed by atoms with Gasteiger partial charge in [0.05, 0.1) is 37.1 Å². The van der Waals surface area contributed by atoms with E-state index in [1.165, 1.54) is 12.8 Å². The van der Waals surface area contributed by atoms with E-state index in [0.717, 1.165) is 29.7 Å². The quantitative estimate of drug-likeness (QED) is 0.558. The Labute approximate surface area is 175 Å². The minimum absolute atomic E-state index is 0.223. The smallest absolute Gasteiger partial charge is 0.320 e. The molecule has 2 aromatic heterocycles. The van der Waals surface area contributed by atoms with E-state index in [2.05, 4.69) is 25.9 Å². The molecule has 2 heterocycles. The Morgan fingerprint density at radius 2 is 1.70 bits per heavy atom. The first kappa shape index (κ1) is 19.8. The third-order valence-electron chi connectivity index (χ3n) is 5.11. The summed E-state index contributed by atoms with van der Waals surface area (Å²) in [5.41, 5.74) is 2.98. The molecule has 1 aromatic carbocycles. The third-order valence-corrected chi connectivity index (χ3v) is 5.11. The van der Waals surface area contributed by atoms with Crippen molar-refractivity contribution in [2.45, 2.75) is 31.7 Å². The topological polar surface area (TPSA) is 97.4 Å². The summed E-state index contributed by atoms with van der Waals surface area (Å²) < 4.78 is 10.6. The van der Waals surface area contributed by atoms with Gasteiger partial charge in [-0.15, -0.1) is 0 Å². The summed E-state index contributed by atoms with van der Waals surface area (Å²) in [6.45, 7) is 0. The van der Waals surface area contributed by atoms with Gasteiger partial charge in [0, 0.05) is 29.9 Å². The van der Waals surface area contributed by atoms with Crippen LogP contribution in [0.5, 0.6) is 11.5 Å². The zero-order chi connectivity index (χ0) is 20.9. The number of nitrogens with one attached hydrogen (secondary N) is 3. The normalized spacial score (nSPS) is 13.8. The second-order valence-corrected chi connectivity index (χ2v) is 7.26. The van der Waals surface area contributed by atoms with Crippen LogP contribution in [0.2, 0.25) is 0 Å². The van der Waals surface area contributed by atoms with Crippen molar-refractivity contribution in [1.29, 1.82) is 0 Å². The van der Waals surface area contributed by atoms with Crippen LogP contribution in [0, 0.1) is 0 Å². The van der Waals surface area contributed by atoms with Gasteiger partial charge in [-0.05, 0) is 31.0 Å². The predicted octanol–water partition coefficient (Wildman–Crippen LogP) is 4.45. The van der Waals surface area contributed by atoms with Gasteiger partial charge in [-0.25, -0.2) is 9.78 Å². The van der Waals surface area contributed by atoms with E-state index in [0.29, 0.717) is 22.8 Å². The highest BCUT2D eigenvalue weighted by molar-refractivity contribution is 5.90. The maximum Gasteiger partial charge on any atom is 0.320 e. The summed E-state index contributed by atoms with van der Waals surface area (Å²) in [6, 6.07) is 11.0. The summed E-state index contributed by atoms with van der Waals surface area (Å²) in [5, 5.41) is 9.11. The number of rotatable bonds is 6. The van der Waals surface area contributed by atoms with Gasteiger partial charge >= 0.3 is 6.03 Å². The number of nitrogens with zero attached hydrogens (tertiary/aromatic N) is 2. The van der Waals surface area contributed by atoms with E-state index in [9.17, 15) is 4.79 Å². The van der Waals surface area contributed by atoms with E-state index in [1.54, 1.807) is 32.5 Å². The number of pyridine rings is 2. The molecular formula is C22H25N5O3. The van der Waals surface area contributed by atoms with Crippen molar-refractivity contribution < 1.29 is 14.3 Å². The lowest BCUT2D eigenvalue weighted by atomic mass is 10.2. The Morgan fingerprint density at radius 1 is 0.967 bits per heavy atom. The molecule has 0 unspecified atom stereocenters. The number of amides is 2. The average molecular weight is 407 g/mol. The zero-order valence-corrected chi connectivity index (χ0v) is 17.1. The highest BCUT2D eigenvalue weighted by Crippen LogP contribution is 2.28. The standard InChI is InChI=1S/C22H25N5O3/c1-29-17-9-15(10-18(12-17)30-2)24-16-11-20-19(23-13-16)7-8-21(26-20)27-22(28)25-14-5-3-4-6-14/h7-14,24H,3-6H2,1-2H3,(H2,25,26,27,28). The Hall–Kier alpha value is -3.55. The summed E-state index contributed by atoms with van der Waals surface area (Å²) in [6.07, 6.45) is 6.13. The average Bonchev–Trinajstić information content (AvgIpc) is 3.26. The van der Waals surface area contributed by atoms with Crippen LogP contribution in [-0.4, -0.2) is 36.3 Å². The van der Waals surface area contributed by atoms with E-state index in [-0.39, 0.29) is 12.1 Å². The van der Waals surface area contributed by atoms with Crippen molar-refractivity contribution in [3.8, 4) is 11.5 Å². The molecule has 3 aromatic rings. The second kappa shape index (κ2) is 8.86. The van der Waals surface area contributed by atoms with Crippen molar-refractivity contribution in [3.63, 3.8) is 0 Å². The number of carbonyl (C=O) groups excluding carboxylic acids is 1. The molecule has 1 saturated carbocycles. The molecule has 156 valence electrons. The van der Waals surface area contributed by atoms with Gasteiger partial charge in [0.2, 0.25) is 0 Å². The van der Waals surface area contributed by atoms with Crippen molar-refractivity contribution >= 4 is 34.3 Å². The minimum Gasteiger partial charge on any atom is -0.497 e. The molecule has 0 atom stereocenters. The second-order valence-electron chi connectivity index (χ2n) is 7.26. The van der Waals surface area contributed by atoms with Gasteiger partial charge in [0.25, 0.3) is 0 Å². The highest BCUT2D eigenvalue weighted by Gasteiger charge is 2.17. The van der Waals surface area contributed by atoms with Gasteiger partial charge in [-0.1, -0.05) is 12.8 Å². The molecule has 30 heavy (non-hydrogen) atoms. The van der Waals surface area contributed by atoms with E-state index in [1.807, 2.05) is 24.3 Å². The number of methoxy groups -OCH3 is 2. The van der Waals surface area contributed by atoms with Gasteiger partial charge in [0.15, 0.2) is 0 Å². The van der Waals surface area contributed by atoms with Crippen LogP contribution >= 0.6 is 0 Å². The van der Waals surface area contributed by atoms with Crippen molar-refractivity contribution in [3.05, 3.63) is 42.6 Å². The van der Waals surface area contributed by atoms with Crippen LogP contribution in [-0.2, 0) is 0 Å². The van der Waals surface area contributed by atoms with Crippen molar-refractivity contribution in [2.75, 3.05) is 24.9 Å². The lowest BCUT2D eigenvalue weighted by Gasteiger charge is -2.13. The predicted molar refractivity (Wildman–Crippen MR) is 117 cm³/mol. The monoisotopic (exact) mass is 407 g/mol. The fourth-order valence-corrected chi connectivity index (χ4v) is 3.60. The Kier molecular flexibility index (Phi) is 5.83. The molecule has 1 fully saturated rings. The molecular weight excluding hydrogens is 382 g/mol. The lowest BCUT2D eigenvalue weighted by Crippen LogP contribution is -2.36. The van der Waals surface area contributed by atoms with Crippen LogP contribution in [0.15, 0.2) is 42.6 Å². The molecule has 8 heteroatoms. The lowest BCUT2D eigenvalue weighted by molar-refractivity contribution is 0.248. The number of urea groups is 1. The number of aromatic nitrogens is 2. The number of benzene rings is 1. The Bertz CT molecular complexity index is 1030. The maximum atomic E-state index is 12.2. The van der Waals surface area contributed by atoms with E-state index < -0.39 is 0 Å². The first-order valence-electron chi connectivity index (χ1n) is 9.97. The summed E-state index contributed by atoms with van der Waals surface area (Å²) in [7, 11) is 3.22. The first-order chi connectivity index (χ1) is 14.6. The highest BCUT2D eigenvalue weighted by atomic mass is 16.5. The van der Waals surface area contributed by atoms with E-state index >= 15 is 0 Å². The molecule has 1 aliphatic carbocycles. The van der Waals surface area contributed by atoms with E-state index in [4.69, 9.17) is 9.47 Å². The SMILES string of the molecule is COc1cc(Nc2cnc3ccc(NC(=O)NC4CCCC4)nc3c2)cc(OC)c1. The molecule has 3 N–H and O–H groups in total. The van der Waals surface area contributed by atoms with Gasteiger partial charge in [-0.3, -0.25) is 10.3 Å². The molecule has 8 nitrogen and oxygen atoms in total. The molecule has 0 spiro atoms. The fraction of sp³-hybridized carbons (Fsp3) is 0.318. The number of fused-ring (bicyclic) bond motifs is 1. The molecule has 4 rings (SSSR count). The molecule has 0 saturated heterocycles. The summed E-state index contributed by atoms with van der Waals surface area (Å²) in [4.78, 5) is 21.2.